The van der Waals surface area contributed by atoms with E-state index in [2.05, 4.69) is 5.32 Å². The van der Waals surface area contributed by atoms with Crippen LogP contribution in [0.4, 0.5) is 0 Å². The molecule has 2 aromatic rings. The summed E-state index contributed by atoms with van der Waals surface area (Å²) in [6, 6.07) is 3.28. The van der Waals surface area contributed by atoms with Gasteiger partial charge in [-0.2, -0.15) is 0 Å². The van der Waals surface area contributed by atoms with Gasteiger partial charge in [-0.15, -0.1) is 0 Å². The third-order valence-electron chi connectivity index (χ3n) is 4.53. The van der Waals surface area contributed by atoms with Crippen molar-refractivity contribution in [3.8, 4) is 5.75 Å². The highest BCUT2D eigenvalue weighted by atomic mass is 16.5. The number of aliphatic hydroxyl groups is 1. The molecule has 1 unspecified atom stereocenters. The number of nitrogens with one attached hydrogen (secondary N) is 1. The quantitative estimate of drug-likeness (QED) is 0.782. The third kappa shape index (κ3) is 4.02. The van der Waals surface area contributed by atoms with E-state index < -0.39 is 0 Å². The van der Waals surface area contributed by atoms with Gasteiger partial charge in [0.2, 0.25) is 0 Å². The zero-order valence-corrected chi connectivity index (χ0v) is 15.3. The van der Waals surface area contributed by atoms with E-state index in [9.17, 15) is 14.7 Å². The Balaban J connectivity index is 2.20. The molecule has 136 valence electrons. The Bertz CT molecular complexity index is 838. The van der Waals surface area contributed by atoms with E-state index in [1.807, 2.05) is 26.8 Å². The first kappa shape index (κ1) is 19.0. The van der Waals surface area contributed by atoms with E-state index >= 15 is 0 Å². The molecule has 6 heteroatoms. The normalized spacial score (nSPS) is 12.4. The second-order valence-electron chi connectivity index (χ2n) is 6.59. The van der Waals surface area contributed by atoms with Crippen LogP contribution in [0.15, 0.2) is 21.3 Å². The van der Waals surface area contributed by atoms with Gasteiger partial charge in [-0.3, -0.25) is 4.79 Å². The van der Waals surface area contributed by atoms with Gasteiger partial charge in [0.15, 0.2) is 6.61 Å². The summed E-state index contributed by atoms with van der Waals surface area (Å²) in [4.78, 5) is 23.9. The average Bonchev–Trinajstić information content (AvgIpc) is 2.57. The molecule has 0 radical (unpaired) electrons. The van der Waals surface area contributed by atoms with Gasteiger partial charge < -0.3 is 19.6 Å². The smallest absolute Gasteiger partial charge is 0.339 e. The fourth-order valence-electron chi connectivity index (χ4n) is 2.60. The summed E-state index contributed by atoms with van der Waals surface area (Å²) in [5.41, 5.74) is 2.24. The Kier molecular flexibility index (Phi) is 5.85. The molecule has 0 fully saturated rings. The van der Waals surface area contributed by atoms with Crippen LogP contribution in [0.5, 0.6) is 5.75 Å². The molecule has 0 saturated carbocycles. The zero-order valence-electron chi connectivity index (χ0n) is 15.3. The van der Waals surface area contributed by atoms with Crippen molar-refractivity contribution < 1.29 is 19.1 Å². The van der Waals surface area contributed by atoms with Gasteiger partial charge in [0, 0.05) is 16.5 Å². The maximum Gasteiger partial charge on any atom is 0.339 e. The van der Waals surface area contributed by atoms with E-state index in [1.165, 1.54) is 0 Å². The van der Waals surface area contributed by atoms with Crippen molar-refractivity contribution in [1.29, 1.82) is 0 Å². The van der Waals surface area contributed by atoms with E-state index in [1.54, 1.807) is 19.9 Å². The fourth-order valence-corrected chi connectivity index (χ4v) is 2.60. The van der Waals surface area contributed by atoms with E-state index in [0.29, 0.717) is 22.5 Å². The summed E-state index contributed by atoms with van der Waals surface area (Å²) < 4.78 is 11.0. The minimum absolute atomic E-state index is 0.122. The number of aliphatic hydroxyl groups excluding tert-OH is 1. The number of benzene rings is 1. The number of carbonyl (C=O) groups excluding carboxylic acids is 1. The lowest BCUT2D eigenvalue weighted by Gasteiger charge is -2.20. The molecule has 0 bridgehead atoms. The number of rotatable bonds is 6. The lowest BCUT2D eigenvalue weighted by atomic mass is 10.0. The molecular weight excluding hydrogens is 322 g/mol. The molecule has 0 spiro atoms. The molecule has 1 atom stereocenters. The Morgan fingerprint density at radius 3 is 2.48 bits per heavy atom. The van der Waals surface area contributed by atoms with Gasteiger partial charge in [0.25, 0.3) is 5.91 Å². The van der Waals surface area contributed by atoms with Crippen molar-refractivity contribution in [1.82, 2.24) is 5.32 Å². The van der Waals surface area contributed by atoms with Crippen LogP contribution in [0, 0.1) is 26.7 Å². The number of hydrogen-bond donors (Lipinski definition) is 2. The lowest BCUT2D eigenvalue weighted by Crippen LogP contribution is -2.43. The summed E-state index contributed by atoms with van der Waals surface area (Å²) in [6.45, 7) is 8.94. The van der Waals surface area contributed by atoms with E-state index in [4.69, 9.17) is 9.15 Å². The molecule has 0 aliphatic heterocycles. The maximum absolute atomic E-state index is 12.0. The fraction of sp³-hybridized carbons (Fsp3) is 0.474. The SMILES string of the molecule is Cc1c(C)c2ccc(OCC(=O)NC(CO)C(C)C)c(C)c2oc1=O. The second-order valence-corrected chi connectivity index (χ2v) is 6.59. The molecule has 0 aliphatic rings. The summed E-state index contributed by atoms with van der Waals surface area (Å²) in [6.07, 6.45) is 0. The topological polar surface area (TPSA) is 88.8 Å². The molecule has 1 amide bonds. The van der Waals surface area contributed by atoms with Gasteiger partial charge in [-0.25, -0.2) is 4.79 Å². The van der Waals surface area contributed by atoms with Crippen molar-refractivity contribution in [3.05, 3.63) is 39.2 Å². The molecule has 2 rings (SSSR count). The Hall–Kier alpha value is -2.34. The maximum atomic E-state index is 12.0. The standard InChI is InChI=1S/C19H25NO5/c1-10(2)15(8-21)20-17(22)9-24-16-7-6-14-11(3)12(4)19(23)25-18(14)13(16)5/h6-7,10,15,21H,8-9H2,1-5H3,(H,20,22). The average molecular weight is 347 g/mol. The first-order valence-electron chi connectivity index (χ1n) is 8.32. The Morgan fingerprint density at radius 1 is 1.20 bits per heavy atom. The molecule has 1 heterocycles. The highest BCUT2D eigenvalue weighted by Gasteiger charge is 2.17. The first-order chi connectivity index (χ1) is 11.8. The van der Waals surface area contributed by atoms with Gasteiger partial charge in [0.1, 0.15) is 11.3 Å². The minimum Gasteiger partial charge on any atom is -0.483 e. The van der Waals surface area contributed by atoms with Gasteiger partial charge in [0.05, 0.1) is 12.6 Å². The molecule has 25 heavy (non-hydrogen) atoms. The first-order valence-corrected chi connectivity index (χ1v) is 8.32. The predicted octanol–water partition coefficient (Wildman–Crippen LogP) is 2.23. The number of amides is 1. The van der Waals surface area contributed by atoms with Crippen LogP contribution in [0.2, 0.25) is 0 Å². The Labute approximate surface area is 146 Å². The van der Waals surface area contributed by atoms with Gasteiger partial charge in [-0.1, -0.05) is 13.8 Å². The number of carbonyl (C=O) groups is 1. The largest absolute Gasteiger partial charge is 0.483 e. The second kappa shape index (κ2) is 7.70. The van der Waals surface area contributed by atoms with Crippen molar-refractivity contribution >= 4 is 16.9 Å². The monoisotopic (exact) mass is 347 g/mol. The highest BCUT2D eigenvalue weighted by Crippen LogP contribution is 2.29. The zero-order chi connectivity index (χ0) is 18.7. The molecule has 6 nitrogen and oxygen atoms in total. The number of fused-ring (bicyclic) bond motifs is 1. The van der Waals surface area contributed by atoms with Crippen LogP contribution < -0.4 is 15.7 Å². The highest BCUT2D eigenvalue weighted by molar-refractivity contribution is 5.85. The van der Waals surface area contributed by atoms with E-state index in [0.717, 1.165) is 10.9 Å². The van der Waals surface area contributed by atoms with Crippen molar-refractivity contribution in [3.63, 3.8) is 0 Å². The van der Waals surface area contributed by atoms with Crippen LogP contribution in [-0.4, -0.2) is 30.3 Å². The Morgan fingerprint density at radius 2 is 1.88 bits per heavy atom. The van der Waals surface area contributed by atoms with Crippen molar-refractivity contribution in [2.24, 2.45) is 5.92 Å². The number of hydrogen-bond acceptors (Lipinski definition) is 5. The van der Waals surface area contributed by atoms with Crippen LogP contribution in [-0.2, 0) is 4.79 Å². The predicted molar refractivity (Wildman–Crippen MR) is 96.0 cm³/mol. The molecule has 1 aromatic heterocycles. The van der Waals surface area contributed by atoms with Gasteiger partial charge >= 0.3 is 5.63 Å². The summed E-state index contributed by atoms with van der Waals surface area (Å²) >= 11 is 0. The summed E-state index contributed by atoms with van der Waals surface area (Å²) in [5.74, 6) is 0.296. The number of ether oxygens (including phenoxy) is 1. The number of aryl methyl sites for hydroxylation is 2. The lowest BCUT2D eigenvalue weighted by molar-refractivity contribution is -0.124. The van der Waals surface area contributed by atoms with Crippen molar-refractivity contribution in [2.75, 3.05) is 13.2 Å². The van der Waals surface area contributed by atoms with Crippen LogP contribution in [0.1, 0.15) is 30.5 Å². The summed E-state index contributed by atoms with van der Waals surface area (Å²) in [5, 5.41) is 12.9. The van der Waals surface area contributed by atoms with Crippen LogP contribution in [0.25, 0.3) is 11.0 Å². The molecule has 2 N–H and O–H groups in total. The van der Waals surface area contributed by atoms with Crippen LogP contribution >= 0.6 is 0 Å². The summed E-state index contributed by atoms with van der Waals surface area (Å²) in [7, 11) is 0. The van der Waals surface area contributed by atoms with Crippen molar-refractivity contribution in [2.45, 2.75) is 40.7 Å². The van der Waals surface area contributed by atoms with Crippen LogP contribution in [0.3, 0.4) is 0 Å². The third-order valence-corrected chi connectivity index (χ3v) is 4.53. The molecule has 0 aliphatic carbocycles. The minimum atomic E-state index is -0.370. The molecular formula is C19H25NO5. The molecule has 1 aromatic carbocycles. The van der Waals surface area contributed by atoms with E-state index in [-0.39, 0.29) is 36.7 Å². The van der Waals surface area contributed by atoms with Gasteiger partial charge in [-0.05, 0) is 44.4 Å². The molecule has 0 saturated heterocycles.